The van der Waals surface area contributed by atoms with E-state index in [1.807, 2.05) is 0 Å². The van der Waals surface area contributed by atoms with E-state index in [-0.39, 0.29) is 12.5 Å². The minimum atomic E-state index is -1.13. The topological polar surface area (TPSA) is 89.8 Å². The molecule has 0 rings (SSSR count). The van der Waals surface area contributed by atoms with E-state index in [9.17, 15) is 20.1 Å². The first-order chi connectivity index (χ1) is 23.1. The maximum Gasteiger partial charge on any atom is 0.220 e. The highest BCUT2D eigenvalue weighted by Gasteiger charge is 2.26. The van der Waals surface area contributed by atoms with Gasteiger partial charge in [0.1, 0.15) is 6.10 Å². The van der Waals surface area contributed by atoms with Crippen LogP contribution in [0.25, 0.3) is 0 Å². The zero-order chi connectivity index (χ0) is 34.5. The number of aliphatic hydroxyl groups excluding tert-OH is 3. The lowest BCUT2D eigenvalue weighted by Crippen LogP contribution is -2.50. The van der Waals surface area contributed by atoms with Crippen molar-refractivity contribution in [1.82, 2.24) is 5.32 Å². The molecule has 0 saturated carbocycles. The Morgan fingerprint density at radius 3 is 1.02 bits per heavy atom. The minimum absolute atomic E-state index is 0.140. The van der Waals surface area contributed by atoms with Crippen LogP contribution in [0.1, 0.15) is 239 Å². The Bertz CT molecular complexity index is 615. The van der Waals surface area contributed by atoms with Gasteiger partial charge in [0.2, 0.25) is 5.91 Å². The zero-order valence-corrected chi connectivity index (χ0v) is 31.9. The second-order valence-electron chi connectivity index (χ2n) is 14.9. The van der Waals surface area contributed by atoms with Crippen molar-refractivity contribution in [2.24, 2.45) is 0 Å². The van der Waals surface area contributed by atoms with Gasteiger partial charge in [-0.2, -0.15) is 0 Å². The molecule has 0 aromatic carbocycles. The van der Waals surface area contributed by atoms with Crippen molar-refractivity contribution in [2.45, 2.75) is 257 Å². The molecule has 1 amide bonds. The van der Waals surface area contributed by atoms with Crippen LogP contribution >= 0.6 is 0 Å². The summed E-state index contributed by atoms with van der Waals surface area (Å²) in [5.41, 5.74) is 0. The van der Waals surface area contributed by atoms with E-state index < -0.39 is 18.2 Å². The first kappa shape index (κ1) is 46.4. The molecule has 5 nitrogen and oxygen atoms in total. The van der Waals surface area contributed by atoms with Crippen molar-refractivity contribution in [3.63, 3.8) is 0 Å². The van der Waals surface area contributed by atoms with Gasteiger partial charge in [-0.15, -0.1) is 0 Å². The molecular formula is C42H85NO4. The fraction of sp³-hybridized carbons (Fsp3) is 0.976. The second-order valence-corrected chi connectivity index (χ2v) is 14.9. The molecular weight excluding hydrogens is 582 g/mol. The molecule has 0 heterocycles. The standard InChI is InChI=1S/C42H85NO4/c1-3-5-7-9-11-13-15-17-18-19-20-21-22-23-25-27-29-31-33-35-37-41(46)43-39(38-44)42(47)40(45)36-34-32-30-28-26-24-16-14-12-10-8-6-4-2/h39-40,42,44-45,47H,3-38H2,1-2H3,(H,43,46)/t39-,40+,42-/m0/s1. The number of hydrogen-bond acceptors (Lipinski definition) is 4. The van der Waals surface area contributed by atoms with Gasteiger partial charge < -0.3 is 20.6 Å². The van der Waals surface area contributed by atoms with Gasteiger partial charge in [0, 0.05) is 6.42 Å². The van der Waals surface area contributed by atoms with Crippen LogP contribution in [0.4, 0.5) is 0 Å². The summed E-state index contributed by atoms with van der Waals surface area (Å²) in [4.78, 5) is 12.4. The van der Waals surface area contributed by atoms with Crippen molar-refractivity contribution in [1.29, 1.82) is 0 Å². The fourth-order valence-corrected chi connectivity index (χ4v) is 6.87. The molecule has 0 aromatic rings. The lowest BCUT2D eigenvalue weighted by Gasteiger charge is -2.26. The Balaban J connectivity index is 3.57. The normalized spacial score (nSPS) is 13.6. The highest BCUT2D eigenvalue weighted by molar-refractivity contribution is 5.76. The predicted molar refractivity (Wildman–Crippen MR) is 204 cm³/mol. The first-order valence-electron chi connectivity index (χ1n) is 21.3. The number of unbranched alkanes of at least 4 members (excludes halogenated alkanes) is 31. The molecule has 0 bridgehead atoms. The number of carbonyl (C=O) groups is 1. The lowest BCUT2D eigenvalue weighted by atomic mass is 9.99. The Labute approximate surface area is 294 Å². The molecule has 0 radical (unpaired) electrons. The van der Waals surface area contributed by atoms with E-state index in [0.717, 1.165) is 32.1 Å². The van der Waals surface area contributed by atoms with Crippen LogP contribution < -0.4 is 5.32 Å². The Morgan fingerprint density at radius 1 is 0.447 bits per heavy atom. The summed E-state index contributed by atoms with van der Waals surface area (Å²) >= 11 is 0. The fourth-order valence-electron chi connectivity index (χ4n) is 6.87. The first-order valence-corrected chi connectivity index (χ1v) is 21.3. The van der Waals surface area contributed by atoms with Crippen LogP contribution in [0.5, 0.6) is 0 Å². The number of aliphatic hydroxyl groups is 3. The average Bonchev–Trinajstić information content (AvgIpc) is 3.07. The van der Waals surface area contributed by atoms with Crippen LogP contribution in [0.15, 0.2) is 0 Å². The van der Waals surface area contributed by atoms with E-state index in [1.54, 1.807) is 0 Å². The van der Waals surface area contributed by atoms with Crippen LogP contribution in [0.3, 0.4) is 0 Å². The molecule has 0 aliphatic heterocycles. The van der Waals surface area contributed by atoms with Gasteiger partial charge in [-0.1, -0.05) is 219 Å². The molecule has 0 aliphatic carbocycles. The van der Waals surface area contributed by atoms with E-state index in [2.05, 4.69) is 19.2 Å². The molecule has 4 N–H and O–H groups in total. The van der Waals surface area contributed by atoms with Crippen LogP contribution in [0, 0.1) is 0 Å². The molecule has 0 saturated heterocycles. The summed E-state index contributed by atoms with van der Waals surface area (Å²) in [6, 6.07) is -0.801. The molecule has 5 heteroatoms. The Hall–Kier alpha value is -0.650. The Kier molecular flexibility index (Phi) is 37.6. The molecule has 0 spiro atoms. The van der Waals surface area contributed by atoms with Gasteiger partial charge in [-0.25, -0.2) is 0 Å². The monoisotopic (exact) mass is 668 g/mol. The van der Waals surface area contributed by atoms with Crippen LogP contribution in [-0.4, -0.2) is 46.1 Å². The zero-order valence-electron chi connectivity index (χ0n) is 31.9. The van der Waals surface area contributed by atoms with Gasteiger partial charge in [-0.3, -0.25) is 4.79 Å². The quantitative estimate of drug-likeness (QED) is 0.0491. The van der Waals surface area contributed by atoms with Crippen molar-refractivity contribution in [3.8, 4) is 0 Å². The Morgan fingerprint density at radius 2 is 0.723 bits per heavy atom. The predicted octanol–water partition coefficient (Wildman–Crippen LogP) is 11.9. The molecule has 47 heavy (non-hydrogen) atoms. The van der Waals surface area contributed by atoms with Crippen molar-refractivity contribution >= 4 is 5.91 Å². The summed E-state index contributed by atoms with van der Waals surface area (Å²) in [6.07, 6.45) is 42.0. The molecule has 0 aliphatic rings. The summed E-state index contributed by atoms with van der Waals surface area (Å²) in [5, 5.41) is 33.5. The maximum absolute atomic E-state index is 12.4. The average molecular weight is 668 g/mol. The molecule has 0 unspecified atom stereocenters. The number of carbonyl (C=O) groups excluding carboxylic acids is 1. The highest BCUT2D eigenvalue weighted by Crippen LogP contribution is 2.17. The number of hydrogen-bond donors (Lipinski definition) is 4. The summed E-state index contributed by atoms with van der Waals surface area (Å²) in [5.74, 6) is -0.140. The molecule has 3 atom stereocenters. The van der Waals surface area contributed by atoms with Gasteiger partial charge in [0.25, 0.3) is 0 Å². The highest BCUT2D eigenvalue weighted by atomic mass is 16.3. The van der Waals surface area contributed by atoms with Crippen LogP contribution in [0.2, 0.25) is 0 Å². The van der Waals surface area contributed by atoms with E-state index >= 15 is 0 Å². The van der Waals surface area contributed by atoms with Gasteiger partial charge in [0.15, 0.2) is 0 Å². The third-order valence-corrected chi connectivity index (χ3v) is 10.2. The summed E-state index contributed by atoms with van der Waals surface area (Å²) in [7, 11) is 0. The SMILES string of the molecule is CCCCCCCCCCCCCCCCCCCCCCC(=O)N[C@@H](CO)[C@H](O)[C@H](O)CCCCCCCCCCCCCCC. The van der Waals surface area contributed by atoms with Gasteiger partial charge >= 0.3 is 0 Å². The van der Waals surface area contributed by atoms with Gasteiger partial charge in [0.05, 0.1) is 18.8 Å². The van der Waals surface area contributed by atoms with E-state index in [1.165, 1.54) is 180 Å². The maximum atomic E-state index is 12.4. The smallest absolute Gasteiger partial charge is 0.220 e. The van der Waals surface area contributed by atoms with Crippen LogP contribution in [-0.2, 0) is 4.79 Å². The summed E-state index contributed by atoms with van der Waals surface area (Å²) < 4.78 is 0. The molecule has 0 fully saturated rings. The third kappa shape index (κ3) is 33.6. The van der Waals surface area contributed by atoms with Crippen molar-refractivity contribution in [2.75, 3.05) is 6.61 Å². The second kappa shape index (κ2) is 38.2. The minimum Gasteiger partial charge on any atom is -0.394 e. The van der Waals surface area contributed by atoms with E-state index in [0.29, 0.717) is 12.8 Å². The largest absolute Gasteiger partial charge is 0.394 e. The number of nitrogens with one attached hydrogen (secondary N) is 1. The van der Waals surface area contributed by atoms with E-state index in [4.69, 9.17) is 0 Å². The van der Waals surface area contributed by atoms with Crippen molar-refractivity contribution < 1.29 is 20.1 Å². The van der Waals surface area contributed by atoms with Gasteiger partial charge in [-0.05, 0) is 12.8 Å². The summed E-state index contributed by atoms with van der Waals surface area (Å²) in [6.45, 7) is 4.19. The third-order valence-electron chi connectivity index (χ3n) is 10.2. The molecule has 0 aromatic heterocycles. The van der Waals surface area contributed by atoms with Crippen molar-refractivity contribution in [3.05, 3.63) is 0 Å². The number of amides is 1. The number of rotatable bonds is 39. The molecule has 282 valence electrons. The lowest BCUT2D eigenvalue weighted by molar-refractivity contribution is -0.124.